The van der Waals surface area contributed by atoms with Gasteiger partial charge in [0.15, 0.2) is 5.41 Å². The van der Waals surface area contributed by atoms with Gasteiger partial charge in [0.05, 0.1) is 0 Å². The van der Waals surface area contributed by atoms with Gasteiger partial charge in [-0.05, 0) is 37.0 Å². The third-order valence-corrected chi connectivity index (χ3v) is 3.88. The standard InChI is InChI=1S/C14H14F8/c1-4-7(2)8-5-9(15)11(10(16)6-8)12(3,13(17,18)19)14(20,21)22/h5-7H,4H2,1-3H3. The molecule has 0 spiro atoms. The maximum atomic E-state index is 13.9. The van der Waals surface area contributed by atoms with Crippen LogP contribution in [-0.4, -0.2) is 12.4 Å². The van der Waals surface area contributed by atoms with Crippen molar-refractivity contribution in [2.24, 2.45) is 0 Å². The van der Waals surface area contributed by atoms with Gasteiger partial charge >= 0.3 is 12.4 Å². The van der Waals surface area contributed by atoms with Gasteiger partial charge in [0.25, 0.3) is 0 Å². The Morgan fingerprint density at radius 2 is 1.27 bits per heavy atom. The summed E-state index contributed by atoms with van der Waals surface area (Å²) in [6.45, 7) is 2.96. The molecule has 1 atom stereocenters. The molecule has 1 aromatic rings. The highest BCUT2D eigenvalue weighted by Gasteiger charge is 2.70. The second-order valence-electron chi connectivity index (χ2n) is 5.29. The lowest BCUT2D eigenvalue weighted by Crippen LogP contribution is -2.52. The molecule has 0 aliphatic heterocycles. The molecule has 1 aromatic carbocycles. The molecule has 0 N–H and O–H groups in total. The molecule has 1 rings (SSSR count). The van der Waals surface area contributed by atoms with Gasteiger partial charge in [-0.15, -0.1) is 0 Å². The average Bonchev–Trinajstić information content (AvgIpc) is 2.33. The van der Waals surface area contributed by atoms with Crippen LogP contribution in [0.15, 0.2) is 12.1 Å². The number of halogens is 8. The first-order valence-corrected chi connectivity index (χ1v) is 6.40. The summed E-state index contributed by atoms with van der Waals surface area (Å²) in [6, 6.07) is 1.06. The highest BCUT2D eigenvalue weighted by atomic mass is 19.4. The highest BCUT2D eigenvalue weighted by Crippen LogP contribution is 2.53. The van der Waals surface area contributed by atoms with E-state index in [0.717, 1.165) is 0 Å². The van der Waals surface area contributed by atoms with Gasteiger partial charge in [-0.1, -0.05) is 13.8 Å². The number of hydrogen-bond acceptors (Lipinski definition) is 0. The van der Waals surface area contributed by atoms with Gasteiger partial charge in [-0.3, -0.25) is 0 Å². The molecule has 8 heteroatoms. The minimum atomic E-state index is -5.90. The monoisotopic (exact) mass is 334 g/mol. The molecule has 1 unspecified atom stereocenters. The summed E-state index contributed by atoms with van der Waals surface area (Å²) < 4.78 is 105. The normalized spacial score (nSPS) is 15.0. The summed E-state index contributed by atoms with van der Waals surface area (Å²) in [5, 5.41) is 0. The molecule has 0 fully saturated rings. The molecule has 0 bridgehead atoms. The lowest BCUT2D eigenvalue weighted by Gasteiger charge is -2.35. The quantitative estimate of drug-likeness (QED) is 0.607. The van der Waals surface area contributed by atoms with Crippen LogP contribution in [0.3, 0.4) is 0 Å². The number of hydrogen-bond donors (Lipinski definition) is 0. The van der Waals surface area contributed by atoms with Crippen molar-refractivity contribution in [1.82, 2.24) is 0 Å². The molecule has 0 aromatic heterocycles. The fourth-order valence-electron chi connectivity index (χ4n) is 2.03. The van der Waals surface area contributed by atoms with Crippen molar-refractivity contribution in [3.8, 4) is 0 Å². The van der Waals surface area contributed by atoms with E-state index >= 15 is 0 Å². The van der Waals surface area contributed by atoms with E-state index in [4.69, 9.17) is 0 Å². The molecule has 0 nitrogen and oxygen atoms in total. The van der Waals surface area contributed by atoms with E-state index in [1.54, 1.807) is 13.8 Å². The van der Waals surface area contributed by atoms with Crippen molar-refractivity contribution in [1.29, 1.82) is 0 Å². The predicted molar refractivity (Wildman–Crippen MR) is 64.5 cm³/mol. The zero-order valence-corrected chi connectivity index (χ0v) is 12.0. The van der Waals surface area contributed by atoms with Crippen molar-refractivity contribution < 1.29 is 35.1 Å². The third-order valence-electron chi connectivity index (χ3n) is 3.88. The van der Waals surface area contributed by atoms with E-state index in [0.29, 0.717) is 18.6 Å². The van der Waals surface area contributed by atoms with E-state index < -0.39 is 40.9 Å². The Labute approximate surface area is 122 Å². The van der Waals surface area contributed by atoms with E-state index in [2.05, 4.69) is 0 Å². The van der Waals surface area contributed by atoms with Gasteiger partial charge < -0.3 is 0 Å². The van der Waals surface area contributed by atoms with Crippen LogP contribution in [0.25, 0.3) is 0 Å². The minimum absolute atomic E-state index is 0.00736. The lowest BCUT2D eigenvalue weighted by atomic mass is 9.79. The van der Waals surface area contributed by atoms with Crippen LogP contribution >= 0.6 is 0 Å². The third kappa shape index (κ3) is 2.92. The molecular weight excluding hydrogens is 320 g/mol. The van der Waals surface area contributed by atoms with E-state index in [1.807, 2.05) is 0 Å². The van der Waals surface area contributed by atoms with Crippen LogP contribution in [0.5, 0.6) is 0 Å². The molecule has 0 aliphatic rings. The second kappa shape index (κ2) is 5.70. The van der Waals surface area contributed by atoms with Crippen LogP contribution in [0.2, 0.25) is 0 Å². The van der Waals surface area contributed by atoms with Crippen LogP contribution < -0.4 is 0 Å². The molecule has 0 saturated carbocycles. The van der Waals surface area contributed by atoms with Crippen LogP contribution in [0.4, 0.5) is 35.1 Å². The first kappa shape index (κ1) is 18.7. The first-order valence-electron chi connectivity index (χ1n) is 6.40. The molecule has 126 valence electrons. The van der Waals surface area contributed by atoms with Crippen LogP contribution in [0, 0.1) is 11.6 Å². The Morgan fingerprint density at radius 1 is 0.909 bits per heavy atom. The summed E-state index contributed by atoms with van der Waals surface area (Å²) in [7, 11) is 0. The number of benzene rings is 1. The smallest absolute Gasteiger partial charge is 0.207 e. The summed E-state index contributed by atoms with van der Waals surface area (Å²) in [5.41, 5.74) is -6.64. The Balaban J connectivity index is 3.66. The largest absolute Gasteiger partial charge is 0.407 e. The SMILES string of the molecule is CCC(C)c1cc(F)c(C(C)(C(F)(F)F)C(F)(F)F)c(F)c1. The van der Waals surface area contributed by atoms with Crippen molar-refractivity contribution in [3.63, 3.8) is 0 Å². The Hall–Kier alpha value is -1.34. The molecule has 0 saturated heterocycles. The van der Waals surface area contributed by atoms with Gasteiger partial charge in [-0.2, -0.15) is 26.3 Å². The predicted octanol–water partition coefficient (Wildman–Crippen LogP) is 5.86. The van der Waals surface area contributed by atoms with E-state index in [-0.39, 0.29) is 12.5 Å². The first-order chi connectivity index (χ1) is 9.77. The van der Waals surface area contributed by atoms with Crippen LogP contribution in [-0.2, 0) is 5.41 Å². The zero-order chi connectivity index (χ0) is 17.5. The van der Waals surface area contributed by atoms with E-state index in [9.17, 15) is 35.1 Å². The molecule has 0 aliphatic carbocycles. The summed E-state index contributed by atoms with van der Waals surface area (Å²) in [5.74, 6) is -4.11. The molecular formula is C14H14F8. The number of alkyl halides is 6. The van der Waals surface area contributed by atoms with Crippen molar-refractivity contribution in [2.75, 3.05) is 0 Å². The van der Waals surface area contributed by atoms with Gasteiger partial charge in [-0.25, -0.2) is 8.78 Å². The van der Waals surface area contributed by atoms with Gasteiger partial charge in [0.2, 0.25) is 0 Å². The molecule has 0 heterocycles. The summed E-state index contributed by atoms with van der Waals surface area (Å²) in [6.07, 6.45) is -11.4. The highest BCUT2D eigenvalue weighted by molar-refractivity contribution is 5.36. The minimum Gasteiger partial charge on any atom is -0.207 e. The van der Waals surface area contributed by atoms with E-state index in [1.165, 1.54) is 0 Å². The van der Waals surface area contributed by atoms with Gasteiger partial charge in [0.1, 0.15) is 11.6 Å². The Kier molecular flexibility index (Phi) is 4.85. The molecule has 0 amide bonds. The average molecular weight is 334 g/mol. The fraction of sp³-hybridized carbons (Fsp3) is 0.571. The maximum Gasteiger partial charge on any atom is 0.407 e. The van der Waals surface area contributed by atoms with Crippen molar-refractivity contribution in [3.05, 3.63) is 34.9 Å². The van der Waals surface area contributed by atoms with Gasteiger partial charge in [0, 0.05) is 5.56 Å². The van der Waals surface area contributed by atoms with Crippen molar-refractivity contribution in [2.45, 2.75) is 50.9 Å². The zero-order valence-electron chi connectivity index (χ0n) is 12.0. The number of rotatable bonds is 3. The topological polar surface area (TPSA) is 0 Å². The Bertz CT molecular complexity index is 504. The maximum absolute atomic E-state index is 13.9. The Morgan fingerprint density at radius 3 is 1.55 bits per heavy atom. The molecule has 0 radical (unpaired) electrons. The van der Waals surface area contributed by atoms with Crippen LogP contribution in [0.1, 0.15) is 44.2 Å². The second-order valence-corrected chi connectivity index (χ2v) is 5.29. The van der Waals surface area contributed by atoms with Crippen molar-refractivity contribution >= 4 is 0 Å². The summed E-state index contributed by atoms with van der Waals surface area (Å²) >= 11 is 0. The fourth-order valence-corrected chi connectivity index (χ4v) is 2.03. The molecule has 22 heavy (non-hydrogen) atoms. The lowest BCUT2D eigenvalue weighted by molar-refractivity contribution is -0.298. The summed E-state index contributed by atoms with van der Waals surface area (Å²) in [4.78, 5) is 0.